The lowest BCUT2D eigenvalue weighted by atomic mass is 9.63. The quantitative estimate of drug-likeness (QED) is 0.197. The Hall–Kier alpha value is -3.93. The van der Waals surface area contributed by atoms with E-state index in [2.05, 4.69) is 16.0 Å². The lowest BCUT2D eigenvalue weighted by Crippen LogP contribution is -2.49. The zero-order chi connectivity index (χ0) is 31.3. The monoisotopic (exact) mass is 630 g/mol. The highest BCUT2D eigenvalue weighted by Crippen LogP contribution is 2.57. The molecule has 43 heavy (non-hydrogen) atoms. The molecular weight excluding hydrogens is 602 g/mol. The summed E-state index contributed by atoms with van der Waals surface area (Å²) in [7, 11) is 1.30. The molecule has 0 unspecified atom stereocenters. The fraction of sp³-hybridized carbons (Fsp3) is 0.333. The maximum absolute atomic E-state index is 15.8. The molecule has 3 aromatic rings. The molecule has 0 radical (unpaired) electrons. The van der Waals surface area contributed by atoms with Crippen molar-refractivity contribution in [1.82, 2.24) is 5.32 Å². The van der Waals surface area contributed by atoms with Gasteiger partial charge in [0.05, 0.1) is 34.7 Å². The summed E-state index contributed by atoms with van der Waals surface area (Å²) >= 11 is 12.5. The minimum Gasteiger partial charge on any atom is -0.494 e. The second-order valence-corrected chi connectivity index (χ2v) is 12.6. The third-order valence-corrected chi connectivity index (χ3v) is 8.29. The van der Waals surface area contributed by atoms with E-state index in [9.17, 15) is 19.7 Å². The number of nitro groups is 1. The first kappa shape index (κ1) is 30.5. The van der Waals surface area contributed by atoms with Crippen LogP contribution in [0.15, 0.2) is 54.6 Å². The molecule has 2 aliphatic rings. The van der Waals surface area contributed by atoms with Gasteiger partial charge in [-0.3, -0.25) is 25.5 Å². The van der Waals surface area contributed by atoms with Crippen LogP contribution in [0.4, 0.5) is 26.2 Å². The van der Waals surface area contributed by atoms with Crippen LogP contribution < -0.4 is 20.7 Å². The van der Waals surface area contributed by atoms with Crippen molar-refractivity contribution in [1.29, 1.82) is 0 Å². The van der Waals surface area contributed by atoms with E-state index in [1.54, 1.807) is 24.3 Å². The molecule has 4 atom stereocenters. The molecule has 0 aliphatic carbocycles. The molecule has 5 rings (SSSR count). The molecule has 3 N–H and O–H groups in total. The molecule has 3 aromatic carbocycles. The van der Waals surface area contributed by atoms with Crippen LogP contribution in [0.1, 0.15) is 44.2 Å². The van der Waals surface area contributed by atoms with Gasteiger partial charge in [0.2, 0.25) is 5.91 Å². The van der Waals surface area contributed by atoms with Gasteiger partial charge in [-0.05, 0) is 47.2 Å². The van der Waals surface area contributed by atoms with Crippen LogP contribution in [0.2, 0.25) is 10.0 Å². The molecule has 13 heteroatoms. The lowest BCUT2D eigenvalue weighted by molar-refractivity contribution is -0.384. The standard InChI is InChI=1S/C30H29Cl2FN4O6/c1-29(2,3)14-23-30(18-10-8-15(31)12-21(18)34-27(30)38)24(17-6-5-7-19(32)25(17)33)26(36-23)43-28(39)35-20-11-9-16(37(40)41)13-22(20)42-4/h5-13,23-24,26,36H,14H2,1-4H3,(H,34,38)(H,35,39)/t23-,24-,26+,30+/m0/s1. The summed E-state index contributed by atoms with van der Waals surface area (Å²) in [6.07, 6.45) is -1.73. The minimum absolute atomic E-state index is 0.0334. The maximum atomic E-state index is 15.8. The van der Waals surface area contributed by atoms with Gasteiger partial charge in [-0.2, -0.15) is 0 Å². The van der Waals surface area contributed by atoms with E-state index >= 15 is 4.39 Å². The highest BCUT2D eigenvalue weighted by molar-refractivity contribution is 6.31. The minimum atomic E-state index is -1.42. The molecule has 0 aromatic heterocycles. The average Bonchev–Trinajstić information content (AvgIpc) is 3.38. The van der Waals surface area contributed by atoms with Gasteiger partial charge in [0.15, 0.2) is 6.23 Å². The van der Waals surface area contributed by atoms with Gasteiger partial charge in [0, 0.05) is 22.8 Å². The van der Waals surface area contributed by atoms with E-state index in [0.717, 1.165) is 6.07 Å². The number of fused-ring (bicyclic) bond motifs is 2. The summed E-state index contributed by atoms with van der Waals surface area (Å²) in [5.41, 5.74) is -0.706. The first-order valence-electron chi connectivity index (χ1n) is 13.4. The van der Waals surface area contributed by atoms with E-state index < -0.39 is 46.3 Å². The summed E-state index contributed by atoms with van der Waals surface area (Å²) in [4.78, 5) is 38.1. The molecule has 2 amide bonds. The summed E-state index contributed by atoms with van der Waals surface area (Å²) < 4.78 is 27.0. The molecule has 10 nitrogen and oxygen atoms in total. The normalized spacial score (nSPS) is 22.7. The van der Waals surface area contributed by atoms with Crippen molar-refractivity contribution in [2.75, 3.05) is 17.7 Å². The Kier molecular flexibility index (Phi) is 8.02. The number of nitro benzene ring substituents is 1. The number of carbonyl (C=O) groups is 2. The topological polar surface area (TPSA) is 132 Å². The Morgan fingerprint density at radius 1 is 1.16 bits per heavy atom. The van der Waals surface area contributed by atoms with Crippen molar-refractivity contribution < 1.29 is 28.4 Å². The van der Waals surface area contributed by atoms with Crippen LogP contribution in [0, 0.1) is 21.3 Å². The summed E-state index contributed by atoms with van der Waals surface area (Å²) in [5.74, 6) is -2.18. The number of rotatable bonds is 6. The number of non-ortho nitro benzene ring substituents is 1. The van der Waals surface area contributed by atoms with Crippen LogP contribution in [0.25, 0.3) is 0 Å². The van der Waals surface area contributed by atoms with Crippen molar-refractivity contribution in [3.05, 3.63) is 91.7 Å². The van der Waals surface area contributed by atoms with Gasteiger partial charge < -0.3 is 14.8 Å². The second-order valence-electron chi connectivity index (χ2n) is 11.7. The zero-order valence-corrected chi connectivity index (χ0v) is 25.2. The predicted octanol–water partition coefficient (Wildman–Crippen LogP) is 7.01. The van der Waals surface area contributed by atoms with E-state index in [1.165, 1.54) is 31.4 Å². The van der Waals surface area contributed by atoms with Crippen molar-refractivity contribution in [2.24, 2.45) is 5.41 Å². The number of amides is 2. The van der Waals surface area contributed by atoms with Gasteiger partial charge >= 0.3 is 6.09 Å². The van der Waals surface area contributed by atoms with Crippen molar-refractivity contribution in [3.63, 3.8) is 0 Å². The smallest absolute Gasteiger partial charge is 0.413 e. The Balaban J connectivity index is 1.62. The number of nitrogens with one attached hydrogen (secondary N) is 3. The molecule has 0 bridgehead atoms. The third kappa shape index (κ3) is 5.48. The van der Waals surface area contributed by atoms with Gasteiger partial charge in [-0.25, -0.2) is 9.18 Å². The fourth-order valence-corrected chi connectivity index (χ4v) is 6.47. The zero-order valence-electron chi connectivity index (χ0n) is 23.7. The molecule has 1 spiro atoms. The van der Waals surface area contributed by atoms with Gasteiger partial charge in [0.1, 0.15) is 17.0 Å². The lowest BCUT2D eigenvalue weighted by Gasteiger charge is -2.37. The Morgan fingerprint density at radius 2 is 1.91 bits per heavy atom. The first-order valence-corrected chi connectivity index (χ1v) is 14.1. The van der Waals surface area contributed by atoms with Gasteiger partial charge in [-0.1, -0.05) is 62.2 Å². The molecule has 2 aliphatic heterocycles. The predicted molar refractivity (Wildman–Crippen MR) is 160 cm³/mol. The summed E-state index contributed by atoms with van der Waals surface area (Å²) in [6, 6.07) is 12.5. The van der Waals surface area contributed by atoms with E-state index in [4.69, 9.17) is 32.7 Å². The van der Waals surface area contributed by atoms with Gasteiger partial charge in [0.25, 0.3) is 5.69 Å². The number of nitrogens with zero attached hydrogens (tertiary/aromatic N) is 1. The largest absolute Gasteiger partial charge is 0.494 e. The molecule has 2 heterocycles. The van der Waals surface area contributed by atoms with E-state index in [0.29, 0.717) is 22.7 Å². The number of hydrogen-bond donors (Lipinski definition) is 3. The van der Waals surface area contributed by atoms with Crippen molar-refractivity contribution >= 4 is 52.3 Å². The third-order valence-electron chi connectivity index (χ3n) is 7.76. The number of ether oxygens (including phenoxy) is 2. The fourth-order valence-electron chi connectivity index (χ4n) is 6.12. The van der Waals surface area contributed by atoms with Crippen LogP contribution in [-0.2, 0) is 14.9 Å². The molecule has 1 saturated heterocycles. The molecule has 1 fully saturated rings. The van der Waals surface area contributed by atoms with E-state index in [1.807, 2.05) is 20.8 Å². The second kappa shape index (κ2) is 11.3. The summed E-state index contributed by atoms with van der Waals surface area (Å²) in [5, 5.41) is 20.2. The van der Waals surface area contributed by atoms with Crippen LogP contribution >= 0.6 is 23.2 Å². The highest BCUT2D eigenvalue weighted by Gasteiger charge is 2.66. The van der Waals surface area contributed by atoms with Crippen molar-refractivity contribution in [2.45, 2.75) is 50.8 Å². The molecule has 226 valence electrons. The number of carbonyl (C=O) groups excluding carboxylic acids is 2. The van der Waals surface area contributed by atoms with Gasteiger partial charge in [-0.15, -0.1) is 0 Å². The van der Waals surface area contributed by atoms with E-state index in [-0.39, 0.29) is 33.1 Å². The number of hydrogen-bond acceptors (Lipinski definition) is 7. The number of benzene rings is 3. The first-order chi connectivity index (χ1) is 20.3. The molecular formula is C30H29Cl2FN4O6. The van der Waals surface area contributed by atoms with Crippen LogP contribution in [-0.4, -0.2) is 36.3 Å². The maximum Gasteiger partial charge on any atom is 0.413 e. The average molecular weight is 631 g/mol. The Bertz CT molecular complexity index is 1630. The Morgan fingerprint density at radius 3 is 2.58 bits per heavy atom. The van der Waals surface area contributed by atoms with Crippen LogP contribution in [0.5, 0.6) is 5.75 Å². The SMILES string of the molecule is COc1cc([N+](=O)[O-])ccc1NC(=O)O[C@H]1N[C@@H](CC(C)(C)C)[C@@]2(C(=O)Nc3cc(Cl)ccc32)[C@H]1c1cccc(Cl)c1F. The van der Waals surface area contributed by atoms with Crippen molar-refractivity contribution in [3.8, 4) is 5.75 Å². The number of halogens is 3. The highest BCUT2D eigenvalue weighted by atomic mass is 35.5. The molecule has 0 saturated carbocycles. The van der Waals surface area contributed by atoms with Crippen LogP contribution in [0.3, 0.4) is 0 Å². The number of methoxy groups -OCH3 is 1. The summed E-state index contributed by atoms with van der Waals surface area (Å²) in [6.45, 7) is 6.03. The number of anilines is 2. The Labute approximate surface area is 257 Å².